The second-order valence-electron chi connectivity index (χ2n) is 9.70. The minimum absolute atomic E-state index is 0.173. The molecule has 8 nitrogen and oxygen atoms in total. The molecule has 4 fully saturated rings. The molecule has 1 unspecified atom stereocenters. The molecule has 0 radical (unpaired) electrons. The summed E-state index contributed by atoms with van der Waals surface area (Å²) in [6.45, 7) is 0.406. The zero-order valence-corrected chi connectivity index (χ0v) is 19.8. The van der Waals surface area contributed by atoms with E-state index in [0.717, 1.165) is 16.5 Å². The van der Waals surface area contributed by atoms with E-state index in [0.29, 0.717) is 57.4 Å². The van der Waals surface area contributed by atoms with E-state index < -0.39 is 39.9 Å². The number of nitrogens with one attached hydrogen (secondary N) is 1. The fourth-order valence-electron chi connectivity index (χ4n) is 5.41. The molecule has 1 aromatic rings. The van der Waals surface area contributed by atoms with Crippen molar-refractivity contribution in [2.24, 2.45) is 11.3 Å². The molecule has 2 bridgehead atoms. The highest BCUT2D eigenvalue weighted by Gasteiger charge is 2.50. The number of nitrogens with zero attached hydrogens (tertiary/aromatic N) is 4. The lowest BCUT2D eigenvalue weighted by Crippen LogP contribution is -2.56. The van der Waals surface area contributed by atoms with E-state index >= 15 is 0 Å². The van der Waals surface area contributed by atoms with E-state index in [1.165, 1.54) is 5.01 Å². The van der Waals surface area contributed by atoms with E-state index in [1.807, 2.05) is 0 Å². The summed E-state index contributed by atoms with van der Waals surface area (Å²) in [6.07, 6.45) is -0.498. The van der Waals surface area contributed by atoms with Crippen molar-refractivity contribution in [3.05, 3.63) is 29.3 Å². The van der Waals surface area contributed by atoms with Crippen LogP contribution in [-0.4, -0.2) is 38.3 Å². The Hall–Kier alpha value is -2.67. The monoisotopic (exact) mass is 508 g/mol. The van der Waals surface area contributed by atoms with Crippen LogP contribution in [0.25, 0.3) is 0 Å². The van der Waals surface area contributed by atoms with Crippen molar-refractivity contribution in [3.8, 4) is 12.1 Å². The van der Waals surface area contributed by atoms with Crippen LogP contribution < -0.4 is 9.73 Å². The van der Waals surface area contributed by atoms with Gasteiger partial charge in [0.2, 0.25) is 0 Å². The fraction of sp³-hybridized carbons (Fsp3) is 0.609. The number of fused-ring (bicyclic) bond motifs is 3. The van der Waals surface area contributed by atoms with Gasteiger partial charge in [-0.2, -0.15) is 23.7 Å². The third-order valence-corrected chi connectivity index (χ3v) is 8.40. The van der Waals surface area contributed by atoms with Crippen LogP contribution in [0.3, 0.4) is 0 Å². The molecule has 3 saturated carbocycles. The van der Waals surface area contributed by atoms with Crippen LogP contribution in [0.2, 0.25) is 0 Å². The molecule has 12 heteroatoms. The maximum absolute atomic E-state index is 13.5. The quantitative estimate of drug-likeness (QED) is 0.604. The topological polar surface area (TPSA) is 123 Å². The van der Waals surface area contributed by atoms with Crippen LogP contribution >= 0.6 is 0 Å². The van der Waals surface area contributed by atoms with Crippen LogP contribution in [0.1, 0.15) is 67.3 Å². The lowest BCUT2D eigenvalue weighted by Gasteiger charge is -2.50. The number of hydrogen-bond acceptors (Lipinski definition) is 6. The molecule has 1 N–H and O–H groups in total. The van der Waals surface area contributed by atoms with Crippen LogP contribution in [-0.2, 0) is 17.4 Å². The van der Waals surface area contributed by atoms with Crippen molar-refractivity contribution >= 4 is 22.9 Å². The predicted octanol–water partition coefficient (Wildman–Crippen LogP) is 3.80. The average molecular weight is 509 g/mol. The molecule has 4 aliphatic rings. The first-order valence-electron chi connectivity index (χ1n) is 11.5. The first-order valence-corrected chi connectivity index (χ1v) is 12.5. The van der Waals surface area contributed by atoms with Gasteiger partial charge in [-0.05, 0) is 69.6 Å². The number of benzene rings is 1. The summed E-state index contributed by atoms with van der Waals surface area (Å²) in [6, 6.07) is 6.97. The molecule has 1 aromatic carbocycles. The molecular formula is C23H25F3N5O3S-. The van der Waals surface area contributed by atoms with E-state index in [9.17, 15) is 32.0 Å². The number of carbonyl (C=O) groups excluding carboxylic acids is 1. The van der Waals surface area contributed by atoms with Crippen LogP contribution in [0.15, 0.2) is 18.2 Å². The molecule has 5 rings (SSSR count). The number of anilines is 1. The predicted molar refractivity (Wildman–Crippen MR) is 119 cm³/mol. The van der Waals surface area contributed by atoms with Gasteiger partial charge in [-0.25, -0.2) is 9.42 Å². The molecule has 0 spiro atoms. The summed E-state index contributed by atoms with van der Waals surface area (Å²) in [5.74, 6) is -1.01. The molecule has 1 heterocycles. The van der Waals surface area contributed by atoms with E-state index in [2.05, 4.69) is 17.5 Å². The first-order chi connectivity index (χ1) is 16.5. The number of alkyl halides is 3. The summed E-state index contributed by atoms with van der Waals surface area (Å²) < 4.78 is 65.8. The minimum atomic E-state index is -4.72. The summed E-state index contributed by atoms with van der Waals surface area (Å²) in [5.41, 5.74) is -2.65. The van der Waals surface area contributed by atoms with Crippen LogP contribution in [0.4, 0.5) is 18.9 Å². The van der Waals surface area contributed by atoms with Gasteiger partial charge < -0.3 is 9.87 Å². The van der Waals surface area contributed by atoms with Crippen molar-refractivity contribution in [2.45, 2.75) is 63.1 Å². The number of hydrogen-bond donors (Lipinski definition) is 1. The molecule has 1 saturated heterocycles. The van der Waals surface area contributed by atoms with Crippen molar-refractivity contribution in [3.63, 3.8) is 0 Å². The summed E-state index contributed by atoms with van der Waals surface area (Å²) >= 11 is -2.91. The maximum atomic E-state index is 13.5. The van der Waals surface area contributed by atoms with Gasteiger partial charge in [0.1, 0.15) is 0 Å². The zero-order chi connectivity index (χ0) is 25.4. The van der Waals surface area contributed by atoms with Gasteiger partial charge in [0.25, 0.3) is 5.91 Å². The van der Waals surface area contributed by atoms with Crippen LogP contribution in [0, 0.1) is 34.0 Å². The summed E-state index contributed by atoms with van der Waals surface area (Å²) in [5, 5.41) is 22.9. The zero-order valence-electron chi connectivity index (χ0n) is 18.9. The maximum Gasteiger partial charge on any atom is 0.416 e. The van der Waals surface area contributed by atoms with E-state index in [-0.39, 0.29) is 30.3 Å². The molecule has 35 heavy (non-hydrogen) atoms. The van der Waals surface area contributed by atoms with Gasteiger partial charge in [-0.3, -0.25) is 9.00 Å². The Kier molecular flexibility index (Phi) is 6.84. The Balaban J connectivity index is 1.67. The molecule has 1 atom stereocenters. The first kappa shape index (κ1) is 25.4. The second-order valence-corrected chi connectivity index (χ2v) is 10.5. The average Bonchev–Trinajstić information content (AvgIpc) is 2.85. The highest BCUT2D eigenvalue weighted by molar-refractivity contribution is 7.80. The van der Waals surface area contributed by atoms with Crippen molar-refractivity contribution in [2.75, 3.05) is 17.5 Å². The highest BCUT2D eigenvalue weighted by Crippen LogP contribution is 2.52. The SMILES string of the molecule is N#CC1CCN(N(c2ccc(C(F)(F)F)cc2C(=O)NC23CCC(C#N)(CC2)CC3)S(=O)[O-])CC1. The van der Waals surface area contributed by atoms with Gasteiger partial charge in [0.15, 0.2) is 0 Å². The number of hydrazine groups is 1. The normalized spacial score (nSPS) is 28.1. The lowest BCUT2D eigenvalue weighted by molar-refractivity contribution is -0.137. The lowest BCUT2D eigenvalue weighted by atomic mass is 9.58. The standard InChI is InChI=1S/C23H26F3N5O3S/c24-23(25,26)17-1-2-19(31(35(33)34)30-11-3-16(14-27)4-12-30)18(13-17)20(32)29-22-8-5-21(15-28,6-9-22)7-10-22/h1-2,13,16H,3-12H2,(H,29,32)(H,33,34)/p-1. The number of nitriles is 2. The second kappa shape index (κ2) is 9.41. The number of piperidine rings is 1. The summed E-state index contributed by atoms with van der Waals surface area (Å²) in [7, 11) is 0. The van der Waals surface area contributed by atoms with Gasteiger partial charge >= 0.3 is 6.18 Å². The third kappa shape index (κ3) is 5.01. The molecule has 1 aliphatic heterocycles. The van der Waals surface area contributed by atoms with Gasteiger partial charge in [0.05, 0.1) is 45.6 Å². The molecule has 0 aromatic heterocycles. The third-order valence-electron chi connectivity index (χ3n) is 7.69. The largest absolute Gasteiger partial charge is 0.754 e. The molecule has 3 aliphatic carbocycles. The van der Waals surface area contributed by atoms with Gasteiger partial charge in [-0.15, -0.1) is 0 Å². The molecule has 1 amide bonds. The Bertz CT molecular complexity index is 1080. The number of halogens is 3. The van der Waals surface area contributed by atoms with Gasteiger partial charge in [0, 0.05) is 24.5 Å². The Morgan fingerprint density at radius 2 is 1.74 bits per heavy atom. The Morgan fingerprint density at radius 1 is 1.14 bits per heavy atom. The van der Waals surface area contributed by atoms with Gasteiger partial charge in [-0.1, -0.05) is 0 Å². The number of rotatable bonds is 5. The minimum Gasteiger partial charge on any atom is -0.754 e. The Morgan fingerprint density at radius 3 is 2.23 bits per heavy atom. The van der Waals surface area contributed by atoms with Crippen molar-refractivity contribution < 1.29 is 26.7 Å². The highest BCUT2D eigenvalue weighted by atomic mass is 32.2. The fourth-order valence-corrected chi connectivity index (χ4v) is 6.09. The summed E-state index contributed by atoms with van der Waals surface area (Å²) in [4.78, 5) is 13.4. The van der Waals surface area contributed by atoms with Crippen LogP contribution in [0.5, 0.6) is 0 Å². The van der Waals surface area contributed by atoms with E-state index in [1.54, 1.807) is 0 Å². The van der Waals surface area contributed by atoms with Crippen molar-refractivity contribution in [1.82, 2.24) is 10.3 Å². The Labute approximate surface area is 204 Å². The number of carbonyl (C=O) groups is 1. The molecular weight excluding hydrogens is 483 g/mol. The smallest absolute Gasteiger partial charge is 0.416 e. The number of amides is 1. The van der Waals surface area contributed by atoms with Crippen molar-refractivity contribution in [1.29, 1.82) is 10.5 Å². The molecule has 188 valence electrons. The van der Waals surface area contributed by atoms with E-state index in [4.69, 9.17) is 5.26 Å².